The van der Waals surface area contributed by atoms with E-state index < -0.39 is 49.5 Å². The maximum atomic E-state index is 12.8. The maximum Gasteiger partial charge on any atom is 0.220 e. The van der Waals surface area contributed by atoms with Crippen LogP contribution in [0.1, 0.15) is 174 Å². The molecule has 1 heterocycles. The highest BCUT2D eigenvalue weighted by Gasteiger charge is 2.44. The Bertz CT molecular complexity index is 696. The van der Waals surface area contributed by atoms with E-state index in [9.17, 15) is 30.3 Å². The first kappa shape index (κ1) is 43.2. The van der Waals surface area contributed by atoms with Crippen LogP contribution in [0, 0.1) is 0 Å². The number of carbonyl (C=O) groups is 1. The van der Waals surface area contributed by atoms with Crippen LogP contribution in [0.25, 0.3) is 0 Å². The topological polar surface area (TPSA) is 149 Å². The lowest BCUT2D eigenvalue weighted by molar-refractivity contribution is -0.302. The minimum Gasteiger partial charge on any atom is -0.394 e. The molecular formula is C37H73NO8. The van der Waals surface area contributed by atoms with Crippen molar-refractivity contribution in [1.82, 2.24) is 5.32 Å². The lowest BCUT2D eigenvalue weighted by Gasteiger charge is -2.40. The van der Waals surface area contributed by atoms with Crippen molar-refractivity contribution in [2.45, 2.75) is 217 Å². The van der Waals surface area contributed by atoms with Gasteiger partial charge in [-0.25, -0.2) is 0 Å². The quantitative estimate of drug-likeness (QED) is 0.0466. The van der Waals surface area contributed by atoms with Crippen molar-refractivity contribution in [3.05, 3.63) is 0 Å². The van der Waals surface area contributed by atoms with E-state index in [0.717, 1.165) is 38.5 Å². The van der Waals surface area contributed by atoms with Gasteiger partial charge >= 0.3 is 0 Å². The molecule has 1 rings (SSSR count). The van der Waals surface area contributed by atoms with Crippen molar-refractivity contribution >= 4 is 5.91 Å². The van der Waals surface area contributed by atoms with Crippen molar-refractivity contribution < 1.29 is 39.8 Å². The van der Waals surface area contributed by atoms with E-state index in [1.54, 1.807) is 0 Å². The second-order valence-electron chi connectivity index (χ2n) is 13.7. The molecule has 1 aliphatic rings. The van der Waals surface area contributed by atoms with Crippen LogP contribution in [0.3, 0.4) is 0 Å². The van der Waals surface area contributed by atoms with Gasteiger partial charge in [0.2, 0.25) is 5.91 Å². The van der Waals surface area contributed by atoms with Crippen LogP contribution in [0.2, 0.25) is 0 Å². The lowest BCUT2D eigenvalue weighted by Crippen LogP contribution is -2.60. The molecule has 1 fully saturated rings. The summed E-state index contributed by atoms with van der Waals surface area (Å²) in [6.45, 7) is 3.79. The molecule has 1 amide bonds. The lowest BCUT2D eigenvalue weighted by atomic mass is 9.99. The van der Waals surface area contributed by atoms with Gasteiger partial charge in [-0.3, -0.25) is 4.79 Å². The smallest absolute Gasteiger partial charge is 0.220 e. The van der Waals surface area contributed by atoms with Crippen LogP contribution in [0.15, 0.2) is 0 Å². The third kappa shape index (κ3) is 20.5. The van der Waals surface area contributed by atoms with Gasteiger partial charge in [-0.2, -0.15) is 0 Å². The van der Waals surface area contributed by atoms with E-state index in [1.807, 2.05) is 0 Å². The number of hydrogen-bond donors (Lipinski definition) is 6. The van der Waals surface area contributed by atoms with Crippen LogP contribution >= 0.6 is 0 Å². The highest BCUT2D eigenvalue weighted by molar-refractivity contribution is 5.76. The fourth-order valence-corrected chi connectivity index (χ4v) is 6.28. The Morgan fingerprint density at radius 2 is 1.09 bits per heavy atom. The standard InChI is InChI=1S/C37H73NO8/c1-3-5-7-9-11-13-14-15-16-17-19-21-23-25-27-33(41)38-30(31(40)26-24-22-20-18-12-10-8-6-4-2)29-45-37-36(44)35(43)34(42)32(28-39)46-37/h30-32,34-37,39-40,42-44H,3-29H2,1-2H3,(H,38,41)/t30-,31+,32+,34+,35?,36?,37+/m0/s1. The third-order valence-corrected chi connectivity index (χ3v) is 9.46. The minimum absolute atomic E-state index is 0.133. The summed E-state index contributed by atoms with van der Waals surface area (Å²) in [6.07, 6.45) is 21.1. The first-order valence-electron chi connectivity index (χ1n) is 19.2. The monoisotopic (exact) mass is 660 g/mol. The molecule has 0 aromatic heterocycles. The molecule has 0 saturated carbocycles. The number of nitrogens with one attached hydrogen (secondary N) is 1. The predicted octanol–water partition coefficient (Wildman–Crippen LogP) is 6.44. The number of aliphatic hydroxyl groups excluding tert-OH is 5. The van der Waals surface area contributed by atoms with E-state index in [0.29, 0.717) is 12.8 Å². The van der Waals surface area contributed by atoms with Gasteiger partial charge in [0.1, 0.15) is 24.4 Å². The van der Waals surface area contributed by atoms with Gasteiger partial charge in [0.05, 0.1) is 25.4 Å². The molecule has 0 aromatic rings. The molecule has 0 aromatic carbocycles. The van der Waals surface area contributed by atoms with E-state index in [-0.39, 0.29) is 12.5 Å². The minimum atomic E-state index is -1.55. The summed E-state index contributed by atoms with van der Waals surface area (Å²) >= 11 is 0. The normalized spacial score (nSPS) is 23.0. The molecule has 0 aliphatic carbocycles. The first-order valence-corrected chi connectivity index (χ1v) is 19.2. The number of aliphatic hydroxyl groups is 5. The Balaban J connectivity index is 2.39. The summed E-state index contributed by atoms with van der Waals surface area (Å²) in [5.74, 6) is -0.146. The van der Waals surface area contributed by atoms with Crippen LogP contribution in [-0.4, -0.2) is 87.5 Å². The van der Waals surface area contributed by atoms with Gasteiger partial charge in [0.25, 0.3) is 0 Å². The van der Waals surface area contributed by atoms with Crippen LogP contribution in [0.4, 0.5) is 0 Å². The molecule has 0 spiro atoms. The Morgan fingerprint density at radius 3 is 1.54 bits per heavy atom. The second-order valence-corrected chi connectivity index (χ2v) is 13.7. The number of amides is 1. The molecule has 46 heavy (non-hydrogen) atoms. The molecule has 9 nitrogen and oxygen atoms in total. The Kier molecular flexibility index (Phi) is 27.4. The fraction of sp³-hybridized carbons (Fsp3) is 0.973. The molecule has 0 radical (unpaired) electrons. The molecule has 274 valence electrons. The van der Waals surface area contributed by atoms with Crippen LogP contribution < -0.4 is 5.32 Å². The second kappa shape index (κ2) is 29.1. The summed E-state index contributed by atoms with van der Waals surface area (Å²) in [5, 5.41) is 53.9. The van der Waals surface area contributed by atoms with Crippen LogP contribution in [-0.2, 0) is 14.3 Å². The van der Waals surface area contributed by atoms with E-state index >= 15 is 0 Å². The maximum absolute atomic E-state index is 12.8. The summed E-state index contributed by atoms with van der Waals surface area (Å²) in [5.41, 5.74) is 0. The van der Waals surface area contributed by atoms with E-state index in [4.69, 9.17) is 9.47 Å². The number of hydrogen-bond acceptors (Lipinski definition) is 8. The summed E-state index contributed by atoms with van der Waals surface area (Å²) in [7, 11) is 0. The molecule has 0 bridgehead atoms. The number of carbonyl (C=O) groups excluding carboxylic acids is 1. The average Bonchev–Trinajstić information content (AvgIpc) is 3.05. The number of ether oxygens (including phenoxy) is 2. The van der Waals surface area contributed by atoms with Crippen molar-refractivity contribution in [2.75, 3.05) is 13.2 Å². The zero-order valence-corrected chi connectivity index (χ0v) is 29.6. The molecule has 1 saturated heterocycles. The van der Waals surface area contributed by atoms with Crippen molar-refractivity contribution in [3.63, 3.8) is 0 Å². The van der Waals surface area contributed by atoms with Crippen LogP contribution in [0.5, 0.6) is 0 Å². The third-order valence-electron chi connectivity index (χ3n) is 9.46. The van der Waals surface area contributed by atoms with Gasteiger partial charge < -0.3 is 40.3 Å². The number of unbranched alkanes of at least 4 members (excludes halogenated alkanes) is 21. The van der Waals surface area contributed by atoms with Gasteiger partial charge in [0, 0.05) is 6.42 Å². The Hall–Kier alpha value is -0.810. The fourth-order valence-electron chi connectivity index (χ4n) is 6.28. The highest BCUT2D eigenvalue weighted by Crippen LogP contribution is 2.23. The zero-order chi connectivity index (χ0) is 33.8. The molecule has 9 heteroatoms. The highest BCUT2D eigenvalue weighted by atomic mass is 16.7. The van der Waals surface area contributed by atoms with Gasteiger partial charge in [-0.15, -0.1) is 0 Å². The molecular weight excluding hydrogens is 586 g/mol. The van der Waals surface area contributed by atoms with Crippen molar-refractivity contribution in [3.8, 4) is 0 Å². The number of rotatable bonds is 31. The first-order chi connectivity index (χ1) is 22.3. The van der Waals surface area contributed by atoms with Crippen molar-refractivity contribution in [2.24, 2.45) is 0 Å². The molecule has 7 atom stereocenters. The van der Waals surface area contributed by atoms with Gasteiger partial charge in [0.15, 0.2) is 6.29 Å². The molecule has 2 unspecified atom stereocenters. The summed E-state index contributed by atoms with van der Waals surface area (Å²) in [4.78, 5) is 12.8. The van der Waals surface area contributed by atoms with Gasteiger partial charge in [-0.1, -0.05) is 155 Å². The SMILES string of the molecule is CCCCCCCCCCCCCCCCC(=O)N[C@@H](CO[C@@H]1O[C@H](CO)[C@@H](O)C(O)C1O)[C@H](O)CCCCCCCCCCC. The van der Waals surface area contributed by atoms with Crippen molar-refractivity contribution in [1.29, 1.82) is 0 Å². The Morgan fingerprint density at radius 1 is 0.652 bits per heavy atom. The Labute approximate surface area is 281 Å². The summed E-state index contributed by atoms with van der Waals surface area (Å²) < 4.78 is 11.2. The largest absolute Gasteiger partial charge is 0.394 e. The average molecular weight is 660 g/mol. The zero-order valence-electron chi connectivity index (χ0n) is 29.6. The molecule has 1 aliphatic heterocycles. The van der Waals surface area contributed by atoms with Gasteiger partial charge in [-0.05, 0) is 12.8 Å². The van der Waals surface area contributed by atoms with E-state index in [2.05, 4.69) is 19.2 Å². The summed E-state index contributed by atoms with van der Waals surface area (Å²) in [6, 6.07) is -0.708. The van der Waals surface area contributed by atoms with E-state index in [1.165, 1.54) is 109 Å². The predicted molar refractivity (Wildman–Crippen MR) is 184 cm³/mol. The molecule has 6 N–H and O–H groups in total.